The number of hydrogen-bond donors (Lipinski definition) is 1. The summed E-state index contributed by atoms with van der Waals surface area (Å²) in [7, 11) is 1.82. The molecular weight excluding hydrogens is 204 g/mol. The van der Waals surface area contributed by atoms with Gasteiger partial charge >= 0.3 is 6.03 Å². The number of rotatable bonds is 3. The predicted octanol–water partition coefficient (Wildman–Crippen LogP) is 0.408. The van der Waals surface area contributed by atoms with Crippen molar-refractivity contribution in [2.75, 3.05) is 20.1 Å². The molecule has 2 rings (SSSR count). The standard InChI is InChI=1S/C11H16N4O/c1-14-4-5-15(11(14)16)8-9-2-3-13-10(6-9)7-12/h2-3,6H,4-5,7-8,12H2,1H3. The monoisotopic (exact) mass is 220 g/mol. The SMILES string of the molecule is CN1CCN(Cc2ccnc(CN)c2)C1=O. The van der Waals surface area contributed by atoms with Crippen LogP contribution < -0.4 is 5.73 Å². The van der Waals surface area contributed by atoms with Gasteiger partial charge in [-0.1, -0.05) is 0 Å². The van der Waals surface area contributed by atoms with E-state index in [2.05, 4.69) is 4.98 Å². The van der Waals surface area contributed by atoms with Gasteiger partial charge < -0.3 is 15.5 Å². The second kappa shape index (κ2) is 4.49. The average Bonchev–Trinajstić information content (AvgIpc) is 2.61. The number of likely N-dealkylation sites (N-methyl/N-ethyl adjacent to an activating group) is 1. The van der Waals surface area contributed by atoms with Crippen LogP contribution in [0.5, 0.6) is 0 Å². The van der Waals surface area contributed by atoms with Gasteiger partial charge in [0.1, 0.15) is 0 Å². The van der Waals surface area contributed by atoms with Crippen LogP contribution in [0.1, 0.15) is 11.3 Å². The Kier molecular flexibility index (Phi) is 3.05. The summed E-state index contributed by atoms with van der Waals surface area (Å²) in [5.74, 6) is 0. The summed E-state index contributed by atoms with van der Waals surface area (Å²) in [5, 5.41) is 0. The molecule has 0 saturated carbocycles. The van der Waals surface area contributed by atoms with Crippen LogP contribution in [0.15, 0.2) is 18.3 Å². The molecule has 5 heteroatoms. The molecular formula is C11H16N4O. The van der Waals surface area contributed by atoms with E-state index >= 15 is 0 Å². The molecule has 86 valence electrons. The molecule has 5 nitrogen and oxygen atoms in total. The maximum atomic E-state index is 11.7. The van der Waals surface area contributed by atoms with Gasteiger partial charge in [0.25, 0.3) is 0 Å². The average molecular weight is 220 g/mol. The van der Waals surface area contributed by atoms with Crippen LogP contribution in [0, 0.1) is 0 Å². The number of carbonyl (C=O) groups is 1. The highest BCUT2D eigenvalue weighted by Gasteiger charge is 2.24. The lowest BCUT2D eigenvalue weighted by Gasteiger charge is -2.16. The van der Waals surface area contributed by atoms with Gasteiger partial charge in [-0.3, -0.25) is 4.98 Å². The molecule has 0 radical (unpaired) electrons. The maximum Gasteiger partial charge on any atom is 0.320 e. The van der Waals surface area contributed by atoms with E-state index in [1.165, 1.54) is 0 Å². The van der Waals surface area contributed by atoms with Gasteiger partial charge in [-0.25, -0.2) is 4.79 Å². The fourth-order valence-corrected chi connectivity index (χ4v) is 1.81. The first-order valence-electron chi connectivity index (χ1n) is 5.34. The minimum atomic E-state index is 0.0890. The van der Waals surface area contributed by atoms with E-state index in [1.54, 1.807) is 11.1 Å². The lowest BCUT2D eigenvalue weighted by atomic mass is 10.2. The van der Waals surface area contributed by atoms with Crippen LogP contribution in [0.25, 0.3) is 0 Å². The van der Waals surface area contributed by atoms with Gasteiger partial charge in [0.15, 0.2) is 0 Å². The summed E-state index contributed by atoms with van der Waals surface area (Å²) in [5.41, 5.74) is 7.47. The summed E-state index contributed by atoms with van der Waals surface area (Å²) in [6.07, 6.45) is 1.74. The molecule has 2 N–H and O–H groups in total. The van der Waals surface area contributed by atoms with E-state index in [9.17, 15) is 4.79 Å². The number of carbonyl (C=O) groups excluding carboxylic acids is 1. The molecule has 0 spiro atoms. The summed E-state index contributed by atoms with van der Waals surface area (Å²) in [6.45, 7) is 2.66. The molecule has 0 aromatic carbocycles. The Labute approximate surface area is 94.9 Å². The van der Waals surface area contributed by atoms with Gasteiger partial charge in [0, 0.05) is 39.4 Å². The van der Waals surface area contributed by atoms with Crippen molar-refractivity contribution in [1.82, 2.24) is 14.8 Å². The lowest BCUT2D eigenvalue weighted by molar-refractivity contribution is 0.197. The third-order valence-electron chi connectivity index (χ3n) is 2.77. The molecule has 0 aliphatic carbocycles. The Morgan fingerprint density at radius 2 is 2.31 bits per heavy atom. The summed E-state index contributed by atoms with van der Waals surface area (Å²) in [4.78, 5) is 19.4. The molecule has 2 heterocycles. The van der Waals surface area contributed by atoms with Crippen LogP contribution in [-0.4, -0.2) is 41.0 Å². The normalized spacial score (nSPS) is 16.0. The number of amides is 2. The number of aromatic nitrogens is 1. The van der Waals surface area contributed by atoms with E-state index in [-0.39, 0.29) is 6.03 Å². The topological polar surface area (TPSA) is 62.5 Å². The molecule has 16 heavy (non-hydrogen) atoms. The zero-order valence-corrected chi connectivity index (χ0v) is 9.39. The van der Waals surface area contributed by atoms with Crippen molar-refractivity contribution in [2.45, 2.75) is 13.1 Å². The number of pyridine rings is 1. The van der Waals surface area contributed by atoms with Crippen molar-refractivity contribution in [1.29, 1.82) is 0 Å². The van der Waals surface area contributed by atoms with E-state index in [0.717, 1.165) is 24.3 Å². The number of urea groups is 1. The van der Waals surface area contributed by atoms with Crippen molar-refractivity contribution in [2.24, 2.45) is 5.73 Å². The van der Waals surface area contributed by atoms with E-state index in [0.29, 0.717) is 13.1 Å². The fraction of sp³-hybridized carbons (Fsp3) is 0.455. The molecule has 0 atom stereocenters. The highest BCUT2D eigenvalue weighted by molar-refractivity contribution is 5.76. The third kappa shape index (κ3) is 2.14. The summed E-state index contributed by atoms with van der Waals surface area (Å²) in [6, 6.07) is 3.96. The van der Waals surface area contributed by atoms with E-state index in [1.807, 2.05) is 24.1 Å². The molecule has 1 aliphatic rings. The molecule has 1 saturated heterocycles. The van der Waals surface area contributed by atoms with Gasteiger partial charge in [0.2, 0.25) is 0 Å². The van der Waals surface area contributed by atoms with Crippen LogP contribution in [0.3, 0.4) is 0 Å². The molecule has 1 aromatic rings. The fourth-order valence-electron chi connectivity index (χ4n) is 1.81. The smallest absolute Gasteiger partial charge is 0.320 e. The number of nitrogens with zero attached hydrogens (tertiary/aromatic N) is 3. The van der Waals surface area contributed by atoms with Gasteiger partial charge in [0.05, 0.1) is 5.69 Å². The van der Waals surface area contributed by atoms with Gasteiger partial charge in [-0.15, -0.1) is 0 Å². The Bertz CT molecular complexity index is 393. The first kappa shape index (κ1) is 10.9. The van der Waals surface area contributed by atoms with Crippen LogP contribution in [0.4, 0.5) is 4.79 Å². The minimum Gasteiger partial charge on any atom is -0.326 e. The van der Waals surface area contributed by atoms with Crippen molar-refractivity contribution < 1.29 is 4.79 Å². The zero-order chi connectivity index (χ0) is 11.5. The van der Waals surface area contributed by atoms with Crippen LogP contribution in [-0.2, 0) is 13.1 Å². The van der Waals surface area contributed by atoms with Crippen molar-refractivity contribution in [3.63, 3.8) is 0 Å². The molecule has 1 fully saturated rings. The van der Waals surface area contributed by atoms with Crippen molar-refractivity contribution in [3.8, 4) is 0 Å². The first-order chi connectivity index (χ1) is 7.70. The van der Waals surface area contributed by atoms with E-state index in [4.69, 9.17) is 5.73 Å². The van der Waals surface area contributed by atoms with Gasteiger partial charge in [-0.2, -0.15) is 0 Å². The largest absolute Gasteiger partial charge is 0.326 e. The van der Waals surface area contributed by atoms with E-state index < -0.39 is 0 Å². The first-order valence-corrected chi connectivity index (χ1v) is 5.34. The third-order valence-corrected chi connectivity index (χ3v) is 2.77. The molecule has 2 amide bonds. The highest BCUT2D eigenvalue weighted by atomic mass is 16.2. The second-order valence-corrected chi connectivity index (χ2v) is 3.99. The Hall–Kier alpha value is -1.62. The lowest BCUT2D eigenvalue weighted by Crippen LogP contribution is -2.29. The minimum absolute atomic E-state index is 0.0890. The second-order valence-electron chi connectivity index (χ2n) is 3.99. The maximum absolute atomic E-state index is 11.7. The molecule has 0 unspecified atom stereocenters. The predicted molar refractivity (Wildman–Crippen MR) is 60.6 cm³/mol. The number of hydrogen-bond acceptors (Lipinski definition) is 3. The molecule has 1 aliphatic heterocycles. The Balaban J connectivity index is 2.06. The zero-order valence-electron chi connectivity index (χ0n) is 9.39. The molecule has 0 bridgehead atoms. The van der Waals surface area contributed by atoms with Crippen molar-refractivity contribution in [3.05, 3.63) is 29.6 Å². The molecule has 1 aromatic heterocycles. The summed E-state index contributed by atoms with van der Waals surface area (Å²) >= 11 is 0. The highest BCUT2D eigenvalue weighted by Crippen LogP contribution is 2.12. The Morgan fingerprint density at radius 3 is 2.94 bits per heavy atom. The van der Waals surface area contributed by atoms with Crippen LogP contribution in [0.2, 0.25) is 0 Å². The number of nitrogens with two attached hydrogens (primary N) is 1. The Morgan fingerprint density at radius 1 is 1.50 bits per heavy atom. The van der Waals surface area contributed by atoms with Crippen molar-refractivity contribution >= 4 is 6.03 Å². The quantitative estimate of drug-likeness (QED) is 0.802. The summed E-state index contributed by atoms with van der Waals surface area (Å²) < 4.78 is 0. The van der Waals surface area contributed by atoms with Crippen LogP contribution >= 0.6 is 0 Å². The van der Waals surface area contributed by atoms with Gasteiger partial charge in [-0.05, 0) is 17.7 Å².